The highest BCUT2D eigenvalue weighted by Gasteiger charge is 2.32. The quantitative estimate of drug-likeness (QED) is 0.571. The zero-order valence-electron chi connectivity index (χ0n) is 17.1. The first kappa shape index (κ1) is 22.5. The van der Waals surface area contributed by atoms with E-state index in [9.17, 15) is 18.0 Å². The molecular formula is C22H26N4O4S. The standard InChI is InChI=1S/C22H26N4O4S/c1-2-12-23-22(28)25-19-10-8-18(9-11-19)24-21(27)20(17-6-4-3-5-7-17)26-13-15-31(29,30)16-14-26/h2-11,20H,1,12-16H2,(H,24,27)(H2,23,25,28). The van der Waals surface area contributed by atoms with Gasteiger partial charge in [0.2, 0.25) is 5.91 Å². The van der Waals surface area contributed by atoms with Gasteiger partial charge in [-0.2, -0.15) is 0 Å². The van der Waals surface area contributed by atoms with Crippen molar-refractivity contribution in [2.45, 2.75) is 6.04 Å². The van der Waals surface area contributed by atoms with E-state index in [1.807, 2.05) is 35.2 Å². The normalized spacial score (nSPS) is 16.6. The molecule has 0 radical (unpaired) electrons. The zero-order chi connectivity index (χ0) is 22.3. The van der Waals surface area contributed by atoms with Gasteiger partial charge in [0.1, 0.15) is 6.04 Å². The van der Waals surface area contributed by atoms with Crippen molar-refractivity contribution in [3.8, 4) is 0 Å². The maximum absolute atomic E-state index is 13.2. The molecule has 1 heterocycles. The number of anilines is 2. The molecule has 2 aromatic carbocycles. The monoisotopic (exact) mass is 442 g/mol. The highest BCUT2D eigenvalue weighted by Crippen LogP contribution is 2.25. The van der Waals surface area contributed by atoms with Gasteiger partial charge in [-0.25, -0.2) is 13.2 Å². The van der Waals surface area contributed by atoms with Crippen molar-refractivity contribution in [1.29, 1.82) is 0 Å². The van der Waals surface area contributed by atoms with E-state index in [1.165, 1.54) is 0 Å². The molecule has 1 fully saturated rings. The molecule has 1 aliphatic rings. The van der Waals surface area contributed by atoms with Gasteiger partial charge in [-0.1, -0.05) is 36.4 Å². The molecule has 1 aliphatic heterocycles. The molecule has 164 valence electrons. The lowest BCUT2D eigenvalue weighted by Crippen LogP contribution is -2.46. The summed E-state index contributed by atoms with van der Waals surface area (Å²) in [6.07, 6.45) is 1.58. The van der Waals surface area contributed by atoms with Crippen molar-refractivity contribution in [1.82, 2.24) is 10.2 Å². The molecule has 31 heavy (non-hydrogen) atoms. The Morgan fingerprint density at radius 1 is 0.968 bits per heavy atom. The lowest BCUT2D eigenvalue weighted by molar-refractivity contribution is -0.121. The fraction of sp³-hybridized carbons (Fsp3) is 0.273. The first-order chi connectivity index (χ1) is 14.9. The number of benzene rings is 2. The third kappa shape index (κ3) is 6.40. The van der Waals surface area contributed by atoms with Crippen LogP contribution in [0.25, 0.3) is 0 Å². The number of nitrogens with one attached hydrogen (secondary N) is 3. The SMILES string of the molecule is C=CCNC(=O)Nc1ccc(NC(=O)C(c2ccccc2)N2CCS(=O)(=O)CC2)cc1. The second-order valence-corrected chi connectivity index (χ2v) is 9.49. The summed E-state index contributed by atoms with van der Waals surface area (Å²) in [6.45, 7) is 4.51. The van der Waals surface area contributed by atoms with Gasteiger partial charge >= 0.3 is 6.03 Å². The molecule has 1 saturated heterocycles. The molecule has 8 nitrogen and oxygen atoms in total. The number of hydrogen-bond acceptors (Lipinski definition) is 5. The van der Waals surface area contributed by atoms with Crippen LogP contribution in [0.3, 0.4) is 0 Å². The smallest absolute Gasteiger partial charge is 0.319 e. The number of nitrogens with zero attached hydrogens (tertiary/aromatic N) is 1. The average molecular weight is 443 g/mol. The highest BCUT2D eigenvalue weighted by molar-refractivity contribution is 7.91. The van der Waals surface area contributed by atoms with Crippen LogP contribution in [-0.4, -0.2) is 56.4 Å². The van der Waals surface area contributed by atoms with E-state index >= 15 is 0 Å². The molecule has 0 bridgehead atoms. The van der Waals surface area contributed by atoms with Crippen molar-refractivity contribution in [3.05, 3.63) is 72.8 Å². The van der Waals surface area contributed by atoms with Crippen LogP contribution in [0.2, 0.25) is 0 Å². The van der Waals surface area contributed by atoms with Gasteiger partial charge in [0.25, 0.3) is 0 Å². The summed E-state index contributed by atoms with van der Waals surface area (Å²) in [6, 6.07) is 15.1. The molecule has 0 aromatic heterocycles. The van der Waals surface area contributed by atoms with E-state index in [2.05, 4.69) is 22.5 Å². The molecule has 1 unspecified atom stereocenters. The number of urea groups is 1. The summed E-state index contributed by atoms with van der Waals surface area (Å²) < 4.78 is 23.6. The molecule has 9 heteroatoms. The van der Waals surface area contributed by atoms with Crippen molar-refractivity contribution < 1.29 is 18.0 Å². The van der Waals surface area contributed by atoms with Crippen LogP contribution < -0.4 is 16.0 Å². The fourth-order valence-electron chi connectivity index (χ4n) is 3.34. The van der Waals surface area contributed by atoms with E-state index in [0.29, 0.717) is 31.0 Å². The largest absolute Gasteiger partial charge is 0.334 e. The van der Waals surface area contributed by atoms with Gasteiger partial charge in [0, 0.05) is 31.0 Å². The van der Waals surface area contributed by atoms with Crippen LogP contribution in [0.5, 0.6) is 0 Å². The Bertz CT molecular complexity index is 1010. The van der Waals surface area contributed by atoms with Crippen molar-refractivity contribution in [3.63, 3.8) is 0 Å². The Balaban J connectivity index is 1.70. The summed E-state index contributed by atoms with van der Waals surface area (Å²) in [7, 11) is -3.06. The lowest BCUT2D eigenvalue weighted by Gasteiger charge is -2.33. The van der Waals surface area contributed by atoms with Gasteiger partial charge < -0.3 is 16.0 Å². The molecule has 0 aliphatic carbocycles. The van der Waals surface area contributed by atoms with Gasteiger partial charge in [-0.05, 0) is 29.8 Å². The van der Waals surface area contributed by atoms with Crippen LogP contribution in [0.15, 0.2) is 67.3 Å². The van der Waals surface area contributed by atoms with Crippen LogP contribution in [0.1, 0.15) is 11.6 Å². The minimum Gasteiger partial charge on any atom is -0.334 e. The summed E-state index contributed by atoms with van der Waals surface area (Å²) in [4.78, 5) is 26.8. The molecule has 3 rings (SSSR count). The maximum atomic E-state index is 13.2. The maximum Gasteiger partial charge on any atom is 0.319 e. The Hall–Kier alpha value is -3.17. The van der Waals surface area contributed by atoms with Crippen molar-refractivity contribution >= 4 is 33.2 Å². The third-order valence-corrected chi connectivity index (χ3v) is 6.53. The topological polar surface area (TPSA) is 108 Å². The molecule has 3 N–H and O–H groups in total. The van der Waals surface area contributed by atoms with Gasteiger partial charge in [-0.3, -0.25) is 9.69 Å². The number of carbonyl (C=O) groups excluding carboxylic acids is 2. The summed E-state index contributed by atoms with van der Waals surface area (Å²) in [5, 5.41) is 8.21. The van der Waals surface area contributed by atoms with E-state index in [4.69, 9.17) is 0 Å². The van der Waals surface area contributed by atoms with Gasteiger partial charge in [0.15, 0.2) is 9.84 Å². The average Bonchev–Trinajstić information content (AvgIpc) is 2.76. The molecule has 1 atom stereocenters. The molecule has 3 amide bonds. The van der Waals surface area contributed by atoms with Gasteiger partial charge in [0.05, 0.1) is 11.5 Å². The fourth-order valence-corrected chi connectivity index (χ4v) is 4.57. The second-order valence-electron chi connectivity index (χ2n) is 7.19. The first-order valence-electron chi connectivity index (χ1n) is 9.94. The molecular weight excluding hydrogens is 416 g/mol. The Kier molecular flexibility index (Phi) is 7.43. The minimum atomic E-state index is -3.06. The third-order valence-electron chi connectivity index (χ3n) is 4.93. The molecule has 2 aromatic rings. The molecule has 0 spiro atoms. The number of rotatable bonds is 7. The van der Waals surface area contributed by atoms with Crippen LogP contribution in [0, 0.1) is 0 Å². The summed E-state index contributed by atoms with van der Waals surface area (Å²) in [5.74, 6) is -0.162. The minimum absolute atomic E-state index is 0.0396. The van der Waals surface area contributed by atoms with Crippen LogP contribution in [0.4, 0.5) is 16.2 Å². The van der Waals surface area contributed by atoms with Crippen LogP contribution in [-0.2, 0) is 14.6 Å². The van der Waals surface area contributed by atoms with E-state index in [-0.39, 0.29) is 23.4 Å². The second kappa shape index (κ2) is 10.2. The Morgan fingerprint density at radius 3 is 2.13 bits per heavy atom. The highest BCUT2D eigenvalue weighted by atomic mass is 32.2. The molecule has 0 saturated carbocycles. The Morgan fingerprint density at radius 2 is 1.55 bits per heavy atom. The predicted octanol–water partition coefficient (Wildman–Crippen LogP) is 2.40. The van der Waals surface area contributed by atoms with E-state index in [0.717, 1.165) is 5.56 Å². The predicted molar refractivity (Wildman–Crippen MR) is 122 cm³/mol. The van der Waals surface area contributed by atoms with Crippen molar-refractivity contribution in [2.75, 3.05) is 41.8 Å². The first-order valence-corrected chi connectivity index (χ1v) is 11.8. The number of carbonyl (C=O) groups is 2. The number of hydrogen-bond donors (Lipinski definition) is 3. The number of amides is 3. The van der Waals surface area contributed by atoms with Crippen LogP contribution >= 0.6 is 0 Å². The van der Waals surface area contributed by atoms with E-state index < -0.39 is 15.9 Å². The van der Waals surface area contributed by atoms with Gasteiger partial charge in [-0.15, -0.1) is 6.58 Å². The lowest BCUT2D eigenvalue weighted by atomic mass is 10.0. The number of sulfone groups is 1. The Labute approximate surface area is 182 Å². The summed E-state index contributed by atoms with van der Waals surface area (Å²) in [5.41, 5.74) is 1.96. The summed E-state index contributed by atoms with van der Waals surface area (Å²) >= 11 is 0. The van der Waals surface area contributed by atoms with Crippen molar-refractivity contribution in [2.24, 2.45) is 0 Å². The van der Waals surface area contributed by atoms with E-state index in [1.54, 1.807) is 30.3 Å². The zero-order valence-corrected chi connectivity index (χ0v) is 17.9.